The van der Waals surface area contributed by atoms with Crippen molar-refractivity contribution in [2.45, 2.75) is 45.7 Å². The zero-order chi connectivity index (χ0) is 25.8. The van der Waals surface area contributed by atoms with Gasteiger partial charge >= 0.3 is 0 Å². The molecule has 0 saturated carbocycles. The second-order valence-corrected chi connectivity index (χ2v) is 10.1. The molecule has 37 heavy (non-hydrogen) atoms. The highest BCUT2D eigenvalue weighted by Crippen LogP contribution is 2.38. The molecule has 2 amide bonds. The predicted octanol–water partition coefficient (Wildman–Crippen LogP) is 5.74. The average Bonchev–Trinajstić information content (AvgIpc) is 3.23. The first-order valence-corrected chi connectivity index (χ1v) is 13.1. The van der Waals surface area contributed by atoms with Crippen molar-refractivity contribution in [1.29, 1.82) is 0 Å². The number of likely N-dealkylation sites (tertiary alicyclic amines) is 1. The van der Waals surface area contributed by atoms with Crippen LogP contribution in [-0.4, -0.2) is 35.8 Å². The molecular weight excluding hydrogens is 460 g/mol. The van der Waals surface area contributed by atoms with Gasteiger partial charge in [0.25, 0.3) is 11.8 Å². The van der Waals surface area contributed by atoms with Crippen LogP contribution in [0.4, 0.5) is 11.4 Å². The second kappa shape index (κ2) is 11.0. The SMILES string of the molecule is CC(C)NC(=O)c1ccc2c(c1)/C(=C(/Nc1ccc(CN3CCCCC3)cc1)c1ccccc1)C(=O)N2. The van der Waals surface area contributed by atoms with Gasteiger partial charge in [0.2, 0.25) is 0 Å². The van der Waals surface area contributed by atoms with Gasteiger partial charge in [-0.05, 0) is 81.2 Å². The maximum atomic E-state index is 13.3. The molecule has 3 aromatic carbocycles. The molecular formula is C31H34N4O2. The molecule has 0 aliphatic carbocycles. The van der Waals surface area contributed by atoms with Crippen molar-refractivity contribution < 1.29 is 9.59 Å². The van der Waals surface area contributed by atoms with Gasteiger partial charge in [0.1, 0.15) is 0 Å². The highest BCUT2D eigenvalue weighted by molar-refractivity contribution is 6.37. The summed E-state index contributed by atoms with van der Waals surface area (Å²) in [4.78, 5) is 28.5. The Bertz CT molecular complexity index is 1310. The summed E-state index contributed by atoms with van der Waals surface area (Å²) in [5.74, 6) is -0.348. The lowest BCUT2D eigenvalue weighted by atomic mass is 9.98. The lowest BCUT2D eigenvalue weighted by molar-refractivity contribution is -0.110. The van der Waals surface area contributed by atoms with Crippen LogP contribution in [0.2, 0.25) is 0 Å². The van der Waals surface area contributed by atoms with E-state index >= 15 is 0 Å². The summed E-state index contributed by atoms with van der Waals surface area (Å²) >= 11 is 0. The van der Waals surface area contributed by atoms with Gasteiger partial charge in [0, 0.05) is 35.1 Å². The summed E-state index contributed by atoms with van der Waals surface area (Å²) in [6, 6.07) is 23.7. The molecule has 0 radical (unpaired) electrons. The third-order valence-electron chi connectivity index (χ3n) is 6.84. The van der Waals surface area contributed by atoms with Gasteiger partial charge in [-0.15, -0.1) is 0 Å². The van der Waals surface area contributed by atoms with Gasteiger partial charge in [-0.25, -0.2) is 0 Å². The van der Waals surface area contributed by atoms with Crippen LogP contribution in [0.1, 0.15) is 60.2 Å². The third-order valence-corrected chi connectivity index (χ3v) is 6.84. The summed E-state index contributed by atoms with van der Waals surface area (Å²) in [5, 5.41) is 9.43. The van der Waals surface area contributed by atoms with Crippen LogP contribution in [0.3, 0.4) is 0 Å². The fourth-order valence-electron chi connectivity index (χ4n) is 5.00. The first kappa shape index (κ1) is 24.8. The molecule has 0 aromatic heterocycles. The highest BCUT2D eigenvalue weighted by Gasteiger charge is 2.29. The smallest absolute Gasteiger partial charge is 0.258 e. The fourth-order valence-corrected chi connectivity index (χ4v) is 5.00. The summed E-state index contributed by atoms with van der Waals surface area (Å²) in [7, 11) is 0. The van der Waals surface area contributed by atoms with E-state index in [1.54, 1.807) is 18.2 Å². The van der Waals surface area contributed by atoms with Crippen LogP contribution < -0.4 is 16.0 Å². The van der Waals surface area contributed by atoms with Gasteiger partial charge in [-0.2, -0.15) is 0 Å². The van der Waals surface area contributed by atoms with Crippen molar-refractivity contribution in [2.75, 3.05) is 23.7 Å². The molecule has 0 bridgehead atoms. The summed E-state index contributed by atoms with van der Waals surface area (Å²) in [6.45, 7) is 7.14. The maximum absolute atomic E-state index is 13.3. The Kier molecular flexibility index (Phi) is 7.37. The molecule has 5 rings (SSSR count). The van der Waals surface area contributed by atoms with Crippen molar-refractivity contribution in [1.82, 2.24) is 10.2 Å². The zero-order valence-corrected chi connectivity index (χ0v) is 21.5. The van der Waals surface area contributed by atoms with E-state index in [2.05, 4.69) is 45.1 Å². The fraction of sp³-hybridized carbons (Fsp3) is 0.290. The van der Waals surface area contributed by atoms with Crippen LogP contribution in [0, 0.1) is 0 Å². The molecule has 2 heterocycles. The van der Waals surface area contributed by atoms with Gasteiger partial charge in [-0.3, -0.25) is 14.5 Å². The Morgan fingerprint density at radius 1 is 0.919 bits per heavy atom. The number of hydrogen-bond donors (Lipinski definition) is 3. The Hall–Kier alpha value is -3.90. The van der Waals surface area contributed by atoms with E-state index in [1.807, 2.05) is 44.2 Å². The normalized spacial score (nSPS) is 16.8. The molecule has 190 valence electrons. The molecule has 3 aromatic rings. The van der Waals surface area contributed by atoms with Gasteiger partial charge in [0.15, 0.2) is 0 Å². The van der Waals surface area contributed by atoms with Crippen molar-refractivity contribution >= 4 is 34.5 Å². The first-order chi connectivity index (χ1) is 18.0. The third kappa shape index (κ3) is 5.75. The van der Waals surface area contributed by atoms with Crippen LogP contribution in [0.15, 0.2) is 72.8 Å². The van der Waals surface area contributed by atoms with Crippen LogP contribution >= 0.6 is 0 Å². The molecule has 6 heteroatoms. The minimum atomic E-state index is -0.190. The lowest BCUT2D eigenvalue weighted by Gasteiger charge is -2.26. The molecule has 2 aliphatic heterocycles. The number of anilines is 2. The summed E-state index contributed by atoms with van der Waals surface area (Å²) < 4.78 is 0. The number of nitrogens with zero attached hydrogens (tertiary/aromatic N) is 1. The predicted molar refractivity (Wildman–Crippen MR) is 150 cm³/mol. The topological polar surface area (TPSA) is 73.5 Å². The number of benzene rings is 3. The van der Waals surface area contributed by atoms with Crippen molar-refractivity contribution in [2.24, 2.45) is 0 Å². The van der Waals surface area contributed by atoms with E-state index in [4.69, 9.17) is 0 Å². The molecule has 6 nitrogen and oxygen atoms in total. The van der Waals surface area contributed by atoms with E-state index in [0.29, 0.717) is 22.5 Å². The lowest BCUT2D eigenvalue weighted by Crippen LogP contribution is -2.30. The Morgan fingerprint density at radius 2 is 1.65 bits per heavy atom. The van der Waals surface area contributed by atoms with Crippen molar-refractivity contribution in [3.8, 4) is 0 Å². The van der Waals surface area contributed by atoms with Gasteiger partial charge in [-0.1, -0.05) is 48.9 Å². The number of nitrogens with one attached hydrogen (secondary N) is 3. The average molecular weight is 495 g/mol. The number of amides is 2. The quantitative estimate of drug-likeness (QED) is 0.366. The van der Waals surface area contributed by atoms with Gasteiger partial charge in [0.05, 0.1) is 11.3 Å². The number of carbonyl (C=O) groups is 2. The molecule has 1 fully saturated rings. The highest BCUT2D eigenvalue weighted by atomic mass is 16.2. The Balaban J connectivity index is 1.49. The Morgan fingerprint density at radius 3 is 2.35 bits per heavy atom. The van der Waals surface area contributed by atoms with E-state index < -0.39 is 0 Å². The summed E-state index contributed by atoms with van der Waals surface area (Å²) in [6.07, 6.45) is 3.88. The van der Waals surface area contributed by atoms with Crippen LogP contribution in [0.25, 0.3) is 11.3 Å². The standard InChI is InChI=1S/C31H34N4O2/c1-21(2)32-30(36)24-13-16-27-26(19-24)28(31(37)34-27)29(23-9-5-3-6-10-23)33-25-14-11-22(12-15-25)20-35-17-7-4-8-18-35/h3,5-6,9-16,19,21,33H,4,7-8,17-18,20H2,1-2H3,(H,32,36)(H,34,37)/b29-28-. The Labute approximate surface area is 218 Å². The van der Waals surface area contributed by atoms with Crippen molar-refractivity contribution in [3.05, 3.63) is 95.1 Å². The largest absolute Gasteiger partial charge is 0.354 e. The van der Waals surface area contributed by atoms with E-state index in [1.165, 1.54) is 24.8 Å². The van der Waals surface area contributed by atoms with E-state index in [0.717, 1.165) is 36.4 Å². The van der Waals surface area contributed by atoms with E-state index in [-0.39, 0.29) is 17.9 Å². The molecule has 2 aliphatic rings. The van der Waals surface area contributed by atoms with Crippen LogP contribution in [0.5, 0.6) is 0 Å². The number of hydrogen-bond acceptors (Lipinski definition) is 4. The van der Waals surface area contributed by atoms with Gasteiger partial charge < -0.3 is 16.0 Å². The molecule has 0 spiro atoms. The zero-order valence-electron chi connectivity index (χ0n) is 21.5. The molecule has 3 N–H and O–H groups in total. The second-order valence-electron chi connectivity index (χ2n) is 10.1. The number of fused-ring (bicyclic) bond motifs is 1. The first-order valence-electron chi connectivity index (χ1n) is 13.1. The number of piperidine rings is 1. The molecule has 0 atom stereocenters. The minimum absolute atomic E-state index is 0.0231. The maximum Gasteiger partial charge on any atom is 0.258 e. The van der Waals surface area contributed by atoms with Crippen LogP contribution in [-0.2, 0) is 11.3 Å². The van der Waals surface area contributed by atoms with E-state index in [9.17, 15) is 9.59 Å². The number of carbonyl (C=O) groups excluding carboxylic acids is 2. The molecule has 0 unspecified atom stereocenters. The monoisotopic (exact) mass is 494 g/mol. The van der Waals surface area contributed by atoms with Crippen molar-refractivity contribution in [3.63, 3.8) is 0 Å². The minimum Gasteiger partial charge on any atom is -0.354 e. The molecule has 1 saturated heterocycles. The summed E-state index contributed by atoms with van der Waals surface area (Å²) in [5.41, 5.74) is 6.27. The number of rotatable bonds is 7.